The molecular formula is C29H24N4O5S. The smallest absolute Gasteiger partial charge is 0.251 e. The first-order chi connectivity index (χ1) is 19.2. The molecule has 6 rings (SSSR count). The van der Waals surface area contributed by atoms with Crippen molar-refractivity contribution in [2.24, 2.45) is 0 Å². The van der Waals surface area contributed by atoms with Crippen LogP contribution < -0.4 is 19.5 Å². The van der Waals surface area contributed by atoms with E-state index in [9.17, 15) is 4.79 Å². The zero-order valence-corrected chi connectivity index (χ0v) is 21.8. The van der Waals surface area contributed by atoms with Crippen molar-refractivity contribution in [3.63, 3.8) is 0 Å². The van der Waals surface area contributed by atoms with Crippen LogP contribution >= 0.6 is 11.8 Å². The highest BCUT2D eigenvalue weighted by atomic mass is 32.2. The Hall–Kier alpha value is -4.70. The minimum atomic E-state index is -0.147. The molecule has 10 heteroatoms. The quantitative estimate of drug-likeness (QED) is 0.245. The Morgan fingerprint density at radius 3 is 2.62 bits per heavy atom. The second-order valence-electron chi connectivity index (χ2n) is 8.65. The van der Waals surface area contributed by atoms with E-state index in [1.54, 1.807) is 13.4 Å². The molecule has 1 N–H and O–H groups in total. The number of benzene rings is 3. The van der Waals surface area contributed by atoms with Gasteiger partial charge in [-0.1, -0.05) is 42.1 Å². The van der Waals surface area contributed by atoms with E-state index in [2.05, 4.69) is 15.5 Å². The second kappa shape index (κ2) is 11.0. The fourth-order valence-corrected chi connectivity index (χ4v) is 5.10. The van der Waals surface area contributed by atoms with E-state index in [1.165, 1.54) is 11.8 Å². The number of carbonyl (C=O) groups is 1. The van der Waals surface area contributed by atoms with Gasteiger partial charge in [0, 0.05) is 17.9 Å². The Kier molecular flexibility index (Phi) is 6.92. The summed E-state index contributed by atoms with van der Waals surface area (Å²) in [7, 11) is 1.63. The van der Waals surface area contributed by atoms with Gasteiger partial charge < -0.3 is 23.9 Å². The largest absolute Gasteiger partial charge is 0.495 e. The minimum absolute atomic E-state index is 0.147. The highest BCUT2D eigenvalue weighted by Crippen LogP contribution is 2.34. The number of hydrogen-bond donors (Lipinski definition) is 1. The lowest BCUT2D eigenvalue weighted by atomic mass is 10.1. The molecule has 0 radical (unpaired) electrons. The number of nitrogens with one attached hydrogen (secondary N) is 1. The summed E-state index contributed by atoms with van der Waals surface area (Å²) in [4.78, 5) is 12.7. The minimum Gasteiger partial charge on any atom is -0.495 e. The van der Waals surface area contributed by atoms with Crippen LogP contribution in [0.5, 0.6) is 17.2 Å². The zero-order valence-electron chi connectivity index (χ0n) is 21.0. The number of hydrogen-bond acceptors (Lipinski definition) is 8. The van der Waals surface area contributed by atoms with Crippen molar-refractivity contribution in [2.45, 2.75) is 17.5 Å². The number of methoxy groups -OCH3 is 1. The topological polar surface area (TPSA) is 101 Å². The molecule has 9 nitrogen and oxygen atoms in total. The number of fused-ring (bicyclic) bond motifs is 1. The summed E-state index contributed by atoms with van der Waals surface area (Å²) < 4.78 is 23.9. The average molecular weight is 541 g/mol. The van der Waals surface area contributed by atoms with E-state index in [1.807, 2.05) is 83.4 Å². The lowest BCUT2D eigenvalue weighted by Crippen LogP contribution is -2.22. The van der Waals surface area contributed by atoms with Gasteiger partial charge in [-0.25, -0.2) is 0 Å². The van der Waals surface area contributed by atoms with Gasteiger partial charge in [-0.3, -0.25) is 9.36 Å². The zero-order chi connectivity index (χ0) is 26.6. The van der Waals surface area contributed by atoms with Crippen molar-refractivity contribution in [3.8, 4) is 34.5 Å². The lowest BCUT2D eigenvalue weighted by Gasteiger charge is -2.13. The number of carbonyl (C=O) groups excluding carboxylic acids is 1. The number of aromatic nitrogens is 3. The number of thioether (sulfide) groups is 1. The fraction of sp³-hybridized carbons (Fsp3) is 0.138. The molecule has 39 heavy (non-hydrogen) atoms. The van der Waals surface area contributed by atoms with Crippen LogP contribution in [0.15, 0.2) is 94.7 Å². The van der Waals surface area contributed by atoms with E-state index in [-0.39, 0.29) is 12.7 Å². The molecule has 0 spiro atoms. The molecule has 196 valence electrons. The maximum Gasteiger partial charge on any atom is 0.251 e. The first kappa shape index (κ1) is 24.6. The van der Waals surface area contributed by atoms with Gasteiger partial charge in [0.1, 0.15) is 5.75 Å². The van der Waals surface area contributed by atoms with Gasteiger partial charge in [-0.15, -0.1) is 10.2 Å². The summed E-state index contributed by atoms with van der Waals surface area (Å²) in [6.45, 7) is 0.615. The van der Waals surface area contributed by atoms with Gasteiger partial charge >= 0.3 is 0 Å². The van der Waals surface area contributed by atoms with Crippen molar-refractivity contribution in [2.75, 3.05) is 13.9 Å². The normalized spacial score (nSPS) is 11.9. The number of rotatable bonds is 9. The molecule has 3 heterocycles. The molecule has 1 aliphatic heterocycles. The average Bonchev–Trinajstić information content (AvgIpc) is 3.75. The summed E-state index contributed by atoms with van der Waals surface area (Å²) >= 11 is 1.53. The Morgan fingerprint density at radius 1 is 0.974 bits per heavy atom. The summed E-state index contributed by atoms with van der Waals surface area (Å²) in [5, 5.41) is 12.5. The molecule has 1 aliphatic rings. The summed E-state index contributed by atoms with van der Waals surface area (Å²) in [5.41, 5.74) is 3.38. The van der Waals surface area contributed by atoms with Crippen LogP contribution in [0.2, 0.25) is 0 Å². The van der Waals surface area contributed by atoms with Crippen molar-refractivity contribution in [3.05, 3.63) is 102 Å². The first-order valence-electron chi connectivity index (χ1n) is 12.2. The molecule has 0 bridgehead atoms. The maximum atomic E-state index is 12.7. The van der Waals surface area contributed by atoms with Crippen LogP contribution in [0.1, 0.15) is 21.5 Å². The Labute approximate surface area is 228 Å². The molecule has 5 aromatic rings. The first-order valence-corrected chi connectivity index (χ1v) is 13.2. The summed E-state index contributed by atoms with van der Waals surface area (Å²) in [6, 6.07) is 24.5. The fourth-order valence-electron chi connectivity index (χ4n) is 4.20. The second-order valence-corrected chi connectivity index (χ2v) is 9.59. The van der Waals surface area contributed by atoms with E-state index in [4.69, 9.17) is 18.6 Å². The predicted molar refractivity (Wildman–Crippen MR) is 145 cm³/mol. The monoisotopic (exact) mass is 540 g/mol. The number of nitrogens with zero attached hydrogens (tertiary/aromatic N) is 3. The SMILES string of the molecule is COc1ccccc1-n1c(SCc2ccc(C(=O)NCc3ccc4c(c3)OCO4)cc2)nnc1-c1ccco1. The molecule has 0 atom stereocenters. The molecule has 1 amide bonds. The van der Waals surface area contributed by atoms with Gasteiger partial charge in [-0.2, -0.15) is 0 Å². The molecule has 2 aromatic heterocycles. The van der Waals surface area contributed by atoms with Gasteiger partial charge in [0.25, 0.3) is 5.91 Å². The number of furan rings is 1. The number of amides is 1. The van der Waals surface area contributed by atoms with Gasteiger partial charge in [0.05, 0.1) is 19.1 Å². The van der Waals surface area contributed by atoms with Gasteiger partial charge in [0.15, 0.2) is 22.4 Å². The molecule has 0 fully saturated rings. The standard InChI is InChI=1S/C29H24N4O5S/c1-35-23-6-3-2-5-22(23)33-27(25-7-4-14-36-25)31-32-29(33)39-17-19-8-11-21(12-9-19)28(34)30-16-20-10-13-24-26(15-20)38-18-37-24/h2-15H,16-18H2,1H3,(H,30,34). The van der Waals surface area contributed by atoms with Gasteiger partial charge in [-0.05, 0) is 59.7 Å². The third-order valence-electron chi connectivity index (χ3n) is 6.18. The van der Waals surface area contributed by atoms with E-state index in [0.717, 1.165) is 22.6 Å². The van der Waals surface area contributed by atoms with Crippen molar-refractivity contribution >= 4 is 17.7 Å². The molecule has 3 aromatic carbocycles. The lowest BCUT2D eigenvalue weighted by molar-refractivity contribution is 0.0951. The van der Waals surface area contributed by atoms with E-state index >= 15 is 0 Å². The Morgan fingerprint density at radius 2 is 1.79 bits per heavy atom. The maximum absolute atomic E-state index is 12.7. The van der Waals surface area contributed by atoms with Crippen LogP contribution in [0.4, 0.5) is 0 Å². The Bertz CT molecular complexity index is 1600. The van der Waals surface area contributed by atoms with Crippen molar-refractivity contribution < 1.29 is 23.4 Å². The van der Waals surface area contributed by atoms with Crippen LogP contribution in [0.25, 0.3) is 17.3 Å². The molecule has 0 unspecified atom stereocenters. The third-order valence-corrected chi connectivity index (χ3v) is 7.18. The van der Waals surface area contributed by atoms with E-state index < -0.39 is 0 Å². The number of ether oxygens (including phenoxy) is 3. The van der Waals surface area contributed by atoms with E-state index in [0.29, 0.717) is 46.1 Å². The van der Waals surface area contributed by atoms with Gasteiger partial charge in [0.2, 0.25) is 12.6 Å². The van der Waals surface area contributed by atoms with Crippen molar-refractivity contribution in [1.29, 1.82) is 0 Å². The summed E-state index contributed by atoms with van der Waals surface area (Å²) in [6.07, 6.45) is 1.61. The Balaban J connectivity index is 1.14. The molecule has 0 saturated heterocycles. The predicted octanol–water partition coefficient (Wildman–Crippen LogP) is 5.49. The highest BCUT2D eigenvalue weighted by Gasteiger charge is 2.20. The van der Waals surface area contributed by atoms with Crippen molar-refractivity contribution in [1.82, 2.24) is 20.1 Å². The highest BCUT2D eigenvalue weighted by molar-refractivity contribution is 7.98. The molecular weight excluding hydrogens is 516 g/mol. The third kappa shape index (κ3) is 5.19. The number of para-hydroxylation sites is 2. The molecule has 0 aliphatic carbocycles. The van der Waals surface area contributed by atoms with Crippen LogP contribution in [0, 0.1) is 0 Å². The van der Waals surface area contributed by atoms with Crippen LogP contribution in [-0.4, -0.2) is 34.6 Å². The van der Waals surface area contributed by atoms with Crippen LogP contribution in [-0.2, 0) is 12.3 Å². The molecule has 0 saturated carbocycles. The van der Waals surface area contributed by atoms with Crippen LogP contribution in [0.3, 0.4) is 0 Å². The summed E-state index contributed by atoms with van der Waals surface area (Å²) in [5.74, 6) is 3.79.